The average Bonchev–Trinajstić information content (AvgIpc) is 3.20. The third-order valence-electron chi connectivity index (χ3n) is 9.63. The van der Waals surface area contributed by atoms with Gasteiger partial charge in [0.1, 0.15) is 55.1 Å². The number of benzene rings is 4. The summed E-state index contributed by atoms with van der Waals surface area (Å²) in [5.74, 6) is 3.25. The molecule has 4 aromatic rings. The van der Waals surface area contributed by atoms with Crippen LogP contribution in [0.4, 0.5) is 11.4 Å². The molecule has 14 nitrogen and oxygen atoms in total. The van der Waals surface area contributed by atoms with E-state index in [4.69, 9.17) is 55.1 Å². The zero-order valence-electron chi connectivity index (χ0n) is 35.7. The summed E-state index contributed by atoms with van der Waals surface area (Å²) in [6.45, 7) is 13.3. The van der Waals surface area contributed by atoms with Crippen LogP contribution in [0.15, 0.2) is 65.7 Å². The third kappa shape index (κ3) is 13.3. The molecule has 0 radical (unpaired) electrons. The van der Waals surface area contributed by atoms with Crippen molar-refractivity contribution in [2.24, 2.45) is 22.2 Å². The summed E-state index contributed by atoms with van der Waals surface area (Å²) in [5.41, 5.74) is 30.9. The van der Waals surface area contributed by atoms with Gasteiger partial charge in [0.25, 0.3) is 0 Å². The molecule has 4 aromatic carbocycles. The molecule has 10 N–H and O–H groups in total. The number of aliphatic imine (C=N–C) groups is 1. The zero-order chi connectivity index (χ0) is 42.7. The van der Waals surface area contributed by atoms with Crippen molar-refractivity contribution < 1.29 is 48.6 Å². The second-order valence-electron chi connectivity index (χ2n) is 14.1. The minimum absolute atomic E-state index is 0.0459. The van der Waals surface area contributed by atoms with E-state index in [1.54, 1.807) is 0 Å². The summed E-state index contributed by atoms with van der Waals surface area (Å²) in [7, 11) is 0. The molecular weight excluding hydrogens is 765 g/mol. The fourth-order valence-electron chi connectivity index (χ4n) is 7.27. The highest BCUT2D eigenvalue weighted by atomic mass is 16.5. The van der Waals surface area contributed by atoms with Gasteiger partial charge in [0.05, 0.1) is 32.1 Å². The SMILES string of the molecule is CCOCCOc1c2cccc1Cc1cc([NH+]=C(N)[NH3+])cc(c1OCCOCC)Cc1cccc(c1OCCOCC)Cc1cc(N=C(N)N)cc(c1OCCOCC)C2. The summed E-state index contributed by atoms with van der Waals surface area (Å²) < 4.78 is 49.6. The molecule has 0 aromatic heterocycles. The summed E-state index contributed by atoms with van der Waals surface area (Å²) in [6.07, 6.45) is 1.82. The molecule has 0 fully saturated rings. The van der Waals surface area contributed by atoms with Crippen molar-refractivity contribution in [3.8, 4) is 23.0 Å². The van der Waals surface area contributed by atoms with Crippen LogP contribution in [0.2, 0.25) is 0 Å². The lowest BCUT2D eigenvalue weighted by atomic mass is 9.90. The molecule has 0 atom stereocenters. The molecule has 1 aliphatic carbocycles. The van der Waals surface area contributed by atoms with Gasteiger partial charge in [-0.2, -0.15) is 4.99 Å². The molecule has 8 bridgehead atoms. The largest absolute Gasteiger partial charge is 0.491 e. The zero-order valence-corrected chi connectivity index (χ0v) is 35.7. The highest BCUT2D eigenvalue weighted by Gasteiger charge is 2.24. The maximum atomic E-state index is 6.69. The lowest BCUT2D eigenvalue weighted by molar-refractivity contribution is -0.426. The van der Waals surface area contributed by atoms with Crippen molar-refractivity contribution in [2.75, 3.05) is 79.3 Å². The Balaban J connectivity index is 1.82. The molecule has 0 unspecified atom stereocenters. The third-order valence-corrected chi connectivity index (χ3v) is 9.63. The first-order chi connectivity index (χ1) is 29.2. The summed E-state index contributed by atoms with van der Waals surface area (Å²) in [5, 5.41) is 0. The van der Waals surface area contributed by atoms with Crippen molar-refractivity contribution in [3.05, 3.63) is 105 Å². The molecule has 0 saturated carbocycles. The second kappa shape index (κ2) is 24.0. The quantitative estimate of drug-likeness (QED) is 0.0389. The highest BCUT2D eigenvalue weighted by Crippen LogP contribution is 2.41. The van der Waals surface area contributed by atoms with E-state index >= 15 is 0 Å². The van der Waals surface area contributed by atoms with Crippen molar-refractivity contribution >= 4 is 23.3 Å². The highest BCUT2D eigenvalue weighted by molar-refractivity contribution is 5.79. The van der Waals surface area contributed by atoms with Crippen LogP contribution < -0.4 is 46.9 Å². The van der Waals surface area contributed by atoms with Crippen LogP contribution in [-0.4, -0.2) is 91.2 Å². The van der Waals surface area contributed by atoms with Gasteiger partial charge in [-0.15, -0.1) is 0 Å². The van der Waals surface area contributed by atoms with E-state index in [2.05, 4.69) is 64.2 Å². The van der Waals surface area contributed by atoms with Crippen LogP contribution in [-0.2, 0) is 44.6 Å². The standard InChI is InChI=1S/C46H62N6O8/c1-5-53-15-19-57-41-31-11-9-12-32(41)24-36-28-40(52-46(49)50)30-38(44(36)60-22-18-56-8-4)26-34-14-10-13-33(42(34)58-20-16-54-6-2)25-37-29-39(51-45(47)48)27-35(23-31)43(37)59-21-17-55-7-3/h9-14,27-30H,5-8,15-26H2,1-4H3,(H4,47,48,51)(H4,49,50,52)/p+2. The van der Waals surface area contributed by atoms with Crippen LogP contribution >= 0.6 is 0 Å². The molecule has 0 saturated heterocycles. The van der Waals surface area contributed by atoms with Crippen LogP contribution in [0.1, 0.15) is 72.2 Å². The first-order valence-corrected chi connectivity index (χ1v) is 20.9. The smallest absolute Gasteiger partial charge is 0.439 e. The van der Waals surface area contributed by atoms with Crippen molar-refractivity contribution in [2.45, 2.75) is 53.4 Å². The monoisotopic (exact) mass is 828 g/mol. The van der Waals surface area contributed by atoms with Crippen molar-refractivity contribution in [1.82, 2.24) is 0 Å². The predicted molar refractivity (Wildman–Crippen MR) is 233 cm³/mol. The normalized spacial score (nSPS) is 12.5. The summed E-state index contributed by atoms with van der Waals surface area (Å²) >= 11 is 0. The Kier molecular flexibility index (Phi) is 18.3. The van der Waals surface area contributed by atoms with Gasteiger partial charge >= 0.3 is 5.96 Å². The van der Waals surface area contributed by atoms with Gasteiger partial charge in [-0.25, -0.2) is 10.7 Å². The number of guanidine groups is 2. The Morgan fingerprint density at radius 1 is 0.500 bits per heavy atom. The van der Waals surface area contributed by atoms with E-state index in [1.165, 1.54) is 0 Å². The molecule has 0 spiro atoms. The number of para-hydroxylation sites is 2. The van der Waals surface area contributed by atoms with Gasteiger partial charge in [-0.3, -0.25) is 5.73 Å². The average molecular weight is 829 g/mol. The first kappa shape index (κ1) is 45.7. The fraction of sp³-hybridized carbons (Fsp3) is 0.435. The van der Waals surface area contributed by atoms with E-state index in [0.29, 0.717) is 117 Å². The number of fused-ring (bicyclic) bond motifs is 8. The second-order valence-corrected chi connectivity index (χ2v) is 14.1. The van der Waals surface area contributed by atoms with E-state index in [-0.39, 0.29) is 5.96 Å². The number of nitrogens with two attached hydrogens (primary N) is 3. The molecule has 324 valence electrons. The number of ether oxygens (including phenoxy) is 8. The molecular formula is C46H64N6O8+2. The molecule has 14 heteroatoms. The van der Waals surface area contributed by atoms with Gasteiger partial charge in [-0.1, -0.05) is 36.4 Å². The summed E-state index contributed by atoms with van der Waals surface area (Å²) in [6, 6.07) is 20.5. The molecule has 1 aliphatic rings. The number of hydrogen-bond donors (Lipinski definition) is 5. The Bertz CT molecular complexity index is 1810. The minimum Gasteiger partial charge on any atom is -0.491 e. The Morgan fingerprint density at radius 3 is 1.12 bits per heavy atom. The molecule has 0 aliphatic heterocycles. The molecule has 0 amide bonds. The van der Waals surface area contributed by atoms with E-state index < -0.39 is 0 Å². The number of nitrogens with one attached hydrogen (secondary N) is 1. The van der Waals surface area contributed by atoms with Gasteiger partial charge in [0, 0.05) is 74.4 Å². The molecule has 5 rings (SSSR count). The Hall–Kier alpha value is -5.38. The molecule has 60 heavy (non-hydrogen) atoms. The molecule has 0 heterocycles. The van der Waals surface area contributed by atoms with Crippen molar-refractivity contribution in [1.29, 1.82) is 0 Å². The van der Waals surface area contributed by atoms with Gasteiger partial charge in [-0.05, 0) is 74.2 Å². The number of hydrogen-bond acceptors (Lipinski definition) is 9. The maximum absolute atomic E-state index is 6.69. The van der Waals surface area contributed by atoms with E-state index in [0.717, 1.165) is 73.2 Å². The lowest BCUT2D eigenvalue weighted by Gasteiger charge is -2.23. The van der Waals surface area contributed by atoms with E-state index in [9.17, 15) is 0 Å². The first-order valence-electron chi connectivity index (χ1n) is 20.9. The topological polar surface area (TPSA) is 206 Å². The number of rotatable bonds is 22. The van der Waals surface area contributed by atoms with Crippen LogP contribution in [0.25, 0.3) is 0 Å². The fourth-order valence-corrected chi connectivity index (χ4v) is 7.27. The minimum atomic E-state index is -0.0459. The lowest BCUT2D eigenvalue weighted by Crippen LogP contribution is -2.85. The van der Waals surface area contributed by atoms with Crippen LogP contribution in [0.3, 0.4) is 0 Å². The van der Waals surface area contributed by atoms with Crippen molar-refractivity contribution in [3.63, 3.8) is 0 Å². The number of quaternary nitrogens is 1. The maximum Gasteiger partial charge on any atom is 0.439 e. The van der Waals surface area contributed by atoms with Gasteiger partial charge in [0.15, 0.2) is 5.96 Å². The van der Waals surface area contributed by atoms with Gasteiger partial charge in [0.2, 0.25) is 0 Å². The Labute approximate surface area is 354 Å². The Morgan fingerprint density at radius 2 is 0.817 bits per heavy atom. The van der Waals surface area contributed by atoms with Crippen LogP contribution in [0.5, 0.6) is 23.0 Å². The summed E-state index contributed by atoms with van der Waals surface area (Å²) in [4.78, 5) is 7.79. The van der Waals surface area contributed by atoms with Crippen LogP contribution in [0, 0.1) is 0 Å². The number of nitrogens with zero attached hydrogens (tertiary/aromatic N) is 1. The predicted octanol–water partition coefficient (Wildman–Crippen LogP) is 3.20. The van der Waals surface area contributed by atoms with Gasteiger partial charge < -0.3 is 49.4 Å². The van der Waals surface area contributed by atoms with E-state index in [1.807, 2.05) is 39.8 Å².